The Labute approximate surface area is 123 Å². The van der Waals surface area contributed by atoms with Crippen molar-refractivity contribution in [3.63, 3.8) is 0 Å². The van der Waals surface area contributed by atoms with Crippen LogP contribution in [0.2, 0.25) is 0 Å². The van der Waals surface area contributed by atoms with Gasteiger partial charge in [0.2, 0.25) is 0 Å². The SMILES string of the molecule is CN1CCCC(CNc2nc3ccccn3c2C(=O)O)C1. The smallest absolute Gasteiger partial charge is 0.356 e. The van der Waals surface area contributed by atoms with Gasteiger partial charge < -0.3 is 15.3 Å². The maximum atomic E-state index is 11.5. The molecular formula is C15H20N4O2. The van der Waals surface area contributed by atoms with E-state index in [1.54, 1.807) is 16.7 Å². The fraction of sp³-hybridized carbons (Fsp3) is 0.467. The number of fused-ring (bicyclic) bond motifs is 1. The summed E-state index contributed by atoms with van der Waals surface area (Å²) < 4.78 is 1.61. The number of hydrogen-bond acceptors (Lipinski definition) is 4. The Bertz CT molecular complexity index is 652. The molecule has 6 nitrogen and oxygen atoms in total. The zero-order chi connectivity index (χ0) is 14.8. The number of carboxylic acid groups (broad SMARTS) is 1. The van der Waals surface area contributed by atoms with Crippen molar-refractivity contribution in [2.75, 3.05) is 32.0 Å². The van der Waals surface area contributed by atoms with Crippen LogP contribution in [-0.2, 0) is 0 Å². The highest BCUT2D eigenvalue weighted by Gasteiger charge is 2.21. The zero-order valence-corrected chi connectivity index (χ0v) is 12.1. The van der Waals surface area contributed by atoms with Crippen molar-refractivity contribution in [1.82, 2.24) is 14.3 Å². The Kier molecular flexibility index (Phi) is 3.79. The number of nitrogens with zero attached hydrogens (tertiary/aromatic N) is 3. The summed E-state index contributed by atoms with van der Waals surface area (Å²) in [5, 5.41) is 12.7. The number of imidazole rings is 1. The first-order valence-electron chi connectivity index (χ1n) is 7.28. The fourth-order valence-corrected chi connectivity index (χ4v) is 3.00. The third kappa shape index (κ3) is 2.85. The van der Waals surface area contributed by atoms with Gasteiger partial charge in [0, 0.05) is 19.3 Å². The number of piperidine rings is 1. The molecule has 21 heavy (non-hydrogen) atoms. The van der Waals surface area contributed by atoms with Crippen LogP contribution < -0.4 is 5.32 Å². The number of aromatic nitrogens is 2. The summed E-state index contributed by atoms with van der Waals surface area (Å²) in [4.78, 5) is 18.2. The molecule has 2 aromatic heterocycles. The molecule has 2 aromatic rings. The van der Waals surface area contributed by atoms with E-state index in [2.05, 4.69) is 22.2 Å². The summed E-state index contributed by atoms with van der Waals surface area (Å²) in [6, 6.07) is 5.47. The van der Waals surface area contributed by atoms with Crippen molar-refractivity contribution in [2.45, 2.75) is 12.8 Å². The standard InChI is InChI=1S/C15H20N4O2/c1-18-7-4-5-11(10-18)9-16-14-13(15(20)21)19-8-3-2-6-12(19)17-14/h2-3,6,8,11,16H,4-5,7,9-10H2,1H3,(H,20,21). The summed E-state index contributed by atoms with van der Waals surface area (Å²) in [5.74, 6) is 0.0362. The molecule has 0 radical (unpaired) electrons. The van der Waals surface area contributed by atoms with Gasteiger partial charge in [-0.3, -0.25) is 4.40 Å². The Hall–Kier alpha value is -2.08. The summed E-state index contributed by atoms with van der Waals surface area (Å²) in [6.45, 7) is 2.95. The summed E-state index contributed by atoms with van der Waals surface area (Å²) >= 11 is 0. The Morgan fingerprint density at radius 2 is 2.38 bits per heavy atom. The molecule has 0 bridgehead atoms. The van der Waals surface area contributed by atoms with E-state index < -0.39 is 5.97 Å². The van der Waals surface area contributed by atoms with E-state index >= 15 is 0 Å². The van der Waals surface area contributed by atoms with Gasteiger partial charge in [0.15, 0.2) is 11.5 Å². The second kappa shape index (κ2) is 5.73. The van der Waals surface area contributed by atoms with Crippen LogP contribution in [-0.4, -0.2) is 52.0 Å². The van der Waals surface area contributed by atoms with E-state index in [-0.39, 0.29) is 5.69 Å². The third-order valence-electron chi connectivity index (χ3n) is 4.01. The Balaban J connectivity index is 1.80. The first-order chi connectivity index (χ1) is 10.1. The van der Waals surface area contributed by atoms with Crippen molar-refractivity contribution in [3.05, 3.63) is 30.1 Å². The molecule has 112 valence electrons. The molecule has 1 fully saturated rings. The maximum Gasteiger partial charge on any atom is 0.356 e. The lowest BCUT2D eigenvalue weighted by molar-refractivity contribution is 0.0690. The van der Waals surface area contributed by atoms with Gasteiger partial charge >= 0.3 is 5.97 Å². The van der Waals surface area contributed by atoms with Gasteiger partial charge in [-0.15, -0.1) is 0 Å². The molecule has 0 aromatic carbocycles. The molecule has 0 spiro atoms. The number of pyridine rings is 1. The van der Waals surface area contributed by atoms with Crippen LogP contribution in [0.1, 0.15) is 23.3 Å². The highest BCUT2D eigenvalue weighted by Crippen LogP contribution is 2.20. The van der Waals surface area contributed by atoms with Gasteiger partial charge in [-0.25, -0.2) is 9.78 Å². The first kappa shape index (κ1) is 13.9. The fourth-order valence-electron chi connectivity index (χ4n) is 3.00. The van der Waals surface area contributed by atoms with E-state index in [0.29, 0.717) is 17.4 Å². The number of anilines is 1. The molecule has 1 aliphatic rings. The molecule has 1 atom stereocenters. The molecule has 1 saturated heterocycles. The van der Waals surface area contributed by atoms with Crippen molar-refractivity contribution < 1.29 is 9.90 Å². The molecule has 0 saturated carbocycles. The summed E-state index contributed by atoms with van der Waals surface area (Å²) in [5.41, 5.74) is 0.855. The van der Waals surface area contributed by atoms with Crippen molar-refractivity contribution >= 4 is 17.4 Å². The molecule has 1 unspecified atom stereocenters. The molecular weight excluding hydrogens is 268 g/mol. The monoisotopic (exact) mass is 288 g/mol. The molecule has 0 amide bonds. The van der Waals surface area contributed by atoms with Crippen LogP contribution in [0.15, 0.2) is 24.4 Å². The Morgan fingerprint density at radius 3 is 3.14 bits per heavy atom. The molecule has 0 aliphatic carbocycles. The lowest BCUT2D eigenvalue weighted by atomic mass is 9.98. The van der Waals surface area contributed by atoms with Gasteiger partial charge in [0.25, 0.3) is 0 Å². The quantitative estimate of drug-likeness (QED) is 0.897. The van der Waals surface area contributed by atoms with E-state index in [1.807, 2.05) is 12.1 Å². The number of nitrogens with one attached hydrogen (secondary N) is 1. The van der Waals surface area contributed by atoms with Crippen LogP contribution in [0, 0.1) is 5.92 Å². The second-order valence-electron chi connectivity index (χ2n) is 5.69. The van der Waals surface area contributed by atoms with Gasteiger partial charge in [0.1, 0.15) is 5.65 Å². The first-order valence-corrected chi connectivity index (χ1v) is 7.28. The van der Waals surface area contributed by atoms with Crippen molar-refractivity contribution in [1.29, 1.82) is 0 Å². The number of aromatic carboxylic acids is 1. The van der Waals surface area contributed by atoms with Crippen LogP contribution in [0.25, 0.3) is 5.65 Å². The lowest BCUT2D eigenvalue weighted by Crippen LogP contribution is -2.35. The zero-order valence-electron chi connectivity index (χ0n) is 12.1. The average molecular weight is 288 g/mol. The largest absolute Gasteiger partial charge is 0.476 e. The lowest BCUT2D eigenvalue weighted by Gasteiger charge is -2.29. The number of hydrogen-bond donors (Lipinski definition) is 2. The van der Waals surface area contributed by atoms with Crippen molar-refractivity contribution in [3.8, 4) is 0 Å². The minimum Gasteiger partial charge on any atom is -0.476 e. The van der Waals surface area contributed by atoms with Crippen molar-refractivity contribution in [2.24, 2.45) is 5.92 Å². The van der Waals surface area contributed by atoms with Gasteiger partial charge in [-0.1, -0.05) is 6.07 Å². The van der Waals surface area contributed by atoms with E-state index in [0.717, 1.165) is 19.6 Å². The normalized spacial score (nSPS) is 19.8. The van der Waals surface area contributed by atoms with Crippen LogP contribution >= 0.6 is 0 Å². The Morgan fingerprint density at radius 1 is 1.52 bits per heavy atom. The minimum absolute atomic E-state index is 0.203. The number of carbonyl (C=O) groups is 1. The van der Waals surface area contributed by atoms with E-state index in [4.69, 9.17) is 0 Å². The van der Waals surface area contributed by atoms with Crippen LogP contribution in [0.3, 0.4) is 0 Å². The average Bonchev–Trinajstić information content (AvgIpc) is 2.83. The summed E-state index contributed by atoms with van der Waals surface area (Å²) in [7, 11) is 2.12. The summed E-state index contributed by atoms with van der Waals surface area (Å²) in [6.07, 6.45) is 4.10. The predicted octanol–water partition coefficient (Wildman–Crippen LogP) is 1.79. The van der Waals surface area contributed by atoms with Crippen LogP contribution in [0.5, 0.6) is 0 Å². The molecule has 3 rings (SSSR count). The second-order valence-corrected chi connectivity index (χ2v) is 5.69. The van der Waals surface area contributed by atoms with Gasteiger partial charge in [0.05, 0.1) is 0 Å². The van der Waals surface area contributed by atoms with E-state index in [9.17, 15) is 9.90 Å². The highest BCUT2D eigenvalue weighted by atomic mass is 16.4. The number of carboxylic acids is 1. The molecule has 3 heterocycles. The van der Waals surface area contributed by atoms with Crippen LogP contribution in [0.4, 0.5) is 5.82 Å². The number of likely N-dealkylation sites (tertiary alicyclic amines) is 1. The third-order valence-corrected chi connectivity index (χ3v) is 4.01. The molecule has 1 aliphatic heterocycles. The minimum atomic E-state index is -0.961. The van der Waals surface area contributed by atoms with Gasteiger partial charge in [-0.2, -0.15) is 0 Å². The predicted molar refractivity (Wildman–Crippen MR) is 80.9 cm³/mol. The van der Waals surface area contributed by atoms with Gasteiger partial charge in [-0.05, 0) is 44.5 Å². The number of rotatable bonds is 4. The highest BCUT2D eigenvalue weighted by molar-refractivity contribution is 5.92. The molecule has 6 heteroatoms. The molecule has 2 N–H and O–H groups in total. The topological polar surface area (TPSA) is 69.9 Å². The van der Waals surface area contributed by atoms with E-state index in [1.165, 1.54) is 12.8 Å². The maximum absolute atomic E-state index is 11.5.